The Morgan fingerprint density at radius 3 is 2.62 bits per heavy atom. The number of hydrogen-bond acceptors (Lipinski definition) is 2. The lowest BCUT2D eigenvalue weighted by atomic mass is 9.84. The highest BCUT2D eigenvalue weighted by atomic mass is 15.3. The lowest BCUT2D eigenvalue weighted by molar-refractivity contribution is 0.0808. The van der Waals surface area contributed by atoms with Gasteiger partial charge in [-0.1, -0.05) is 6.92 Å². The fourth-order valence-electron chi connectivity index (χ4n) is 3.77. The molecule has 4 aliphatic heterocycles. The van der Waals surface area contributed by atoms with Crippen LogP contribution in [0.25, 0.3) is 0 Å². The molecule has 4 fully saturated rings. The number of nitrogens with zero attached hydrogens (tertiary/aromatic N) is 2. The molecule has 4 aliphatic rings. The topological polar surface area (TPSA) is 6.48 Å². The summed E-state index contributed by atoms with van der Waals surface area (Å²) in [5, 5.41) is 0. The maximum absolute atomic E-state index is 2.73. The second-order valence-electron chi connectivity index (χ2n) is 5.16. The van der Waals surface area contributed by atoms with Crippen molar-refractivity contribution in [1.82, 2.24) is 9.80 Å². The number of rotatable bonds is 1. The minimum Gasteiger partial charge on any atom is -0.301 e. The number of fused-ring (bicyclic) bond motifs is 1. The standard InChI is InChI=1S/C11H20N2/c1-2-13-7-10-3-9-4-11(13)8-12(5-9)6-10/h9-11H,2-8H2,1H3. The molecule has 0 amide bonds. The molecule has 0 aromatic carbocycles. The van der Waals surface area contributed by atoms with Gasteiger partial charge in [-0.25, -0.2) is 0 Å². The largest absolute Gasteiger partial charge is 0.301 e. The predicted molar refractivity (Wildman–Crippen MR) is 53.7 cm³/mol. The van der Waals surface area contributed by atoms with Crippen LogP contribution in [-0.4, -0.2) is 48.6 Å². The number of likely N-dealkylation sites (N-methyl/N-ethyl adjacent to an activating group) is 1. The molecular weight excluding hydrogens is 160 g/mol. The first-order valence-electron chi connectivity index (χ1n) is 5.81. The normalized spacial score (nSPS) is 49.6. The average Bonchev–Trinajstić information content (AvgIpc) is 2.29. The maximum atomic E-state index is 2.73. The van der Waals surface area contributed by atoms with Crippen LogP contribution in [0.1, 0.15) is 19.8 Å². The fourth-order valence-corrected chi connectivity index (χ4v) is 3.77. The number of hydrogen-bond donors (Lipinski definition) is 0. The second-order valence-corrected chi connectivity index (χ2v) is 5.16. The van der Waals surface area contributed by atoms with E-state index in [1.54, 1.807) is 0 Å². The molecule has 0 spiro atoms. The van der Waals surface area contributed by atoms with Crippen LogP contribution in [0, 0.1) is 11.8 Å². The Balaban J connectivity index is 1.86. The van der Waals surface area contributed by atoms with Crippen molar-refractivity contribution in [2.24, 2.45) is 11.8 Å². The van der Waals surface area contributed by atoms with Crippen molar-refractivity contribution in [3.8, 4) is 0 Å². The molecule has 4 unspecified atom stereocenters. The highest BCUT2D eigenvalue weighted by molar-refractivity contribution is 4.95. The highest BCUT2D eigenvalue weighted by Gasteiger charge is 2.40. The van der Waals surface area contributed by atoms with Gasteiger partial charge in [0, 0.05) is 32.2 Å². The van der Waals surface area contributed by atoms with E-state index in [0.717, 1.165) is 17.9 Å². The van der Waals surface area contributed by atoms with Crippen LogP contribution in [0.2, 0.25) is 0 Å². The minimum absolute atomic E-state index is 0.899. The molecular formula is C11H20N2. The molecule has 4 bridgehead atoms. The van der Waals surface area contributed by atoms with Crippen molar-refractivity contribution in [3.63, 3.8) is 0 Å². The summed E-state index contributed by atoms with van der Waals surface area (Å²) >= 11 is 0. The molecule has 0 radical (unpaired) electrons. The van der Waals surface area contributed by atoms with E-state index in [1.165, 1.54) is 45.6 Å². The van der Waals surface area contributed by atoms with Crippen molar-refractivity contribution in [3.05, 3.63) is 0 Å². The summed E-state index contributed by atoms with van der Waals surface area (Å²) in [5.41, 5.74) is 0. The van der Waals surface area contributed by atoms with Gasteiger partial charge in [0.2, 0.25) is 0 Å². The van der Waals surface area contributed by atoms with Crippen LogP contribution in [-0.2, 0) is 0 Å². The van der Waals surface area contributed by atoms with Crippen molar-refractivity contribution < 1.29 is 0 Å². The molecule has 2 heteroatoms. The van der Waals surface area contributed by atoms with E-state index in [2.05, 4.69) is 16.7 Å². The fraction of sp³-hybridized carbons (Fsp3) is 1.00. The van der Waals surface area contributed by atoms with Crippen LogP contribution in [0.5, 0.6) is 0 Å². The molecule has 4 atom stereocenters. The predicted octanol–water partition coefficient (Wildman–Crippen LogP) is 1.03. The Kier molecular flexibility index (Phi) is 1.88. The molecule has 13 heavy (non-hydrogen) atoms. The van der Waals surface area contributed by atoms with E-state index >= 15 is 0 Å². The van der Waals surface area contributed by atoms with Gasteiger partial charge in [0.05, 0.1) is 0 Å². The van der Waals surface area contributed by atoms with Gasteiger partial charge in [0.1, 0.15) is 0 Å². The summed E-state index contributed by atoms with van der Waals surface area (Å²) in [6, 6.07) is 0.899. The van der Waals surface area contributed by atoms with E-state index in [-0.39, 0.29) is 0 Å². The molecule has 0 aromatic heterocycles. The summed E-state index contributed by atoms with van der Waals surface area (Å²) in [6.07, 6.45) is 3.00. The van der Waals surface area contributed by atoms with Crippen molar-refractivity contribution in [1.29, 1.82) is 0 Å². The summed E-state index contributed by atoms with van der Waals surface area (Å²) in [5.74, 6) is 2.03. The van der Waals surface area contributed by atoms with Crippen LogP contribution in [0.4, 0.5) is 0 Å². The Hall–Kier alpha value is -0.0800. The molecule has 0 N–H and O–H groups in total. The molecule has 74 valence electrons. The van der Waals surface area contributed by atoms with Crippen molar-refractivity contribution in [2.45, 2.75) is 25.8 Å². The van der Waals surface area contributed by atoms with Crippen LogP contribution < -0.4 is 0 Å². The Morgan fingerprint density at radius 1 is 1.00 bits per heavy atom. The van der Waals surface area contributed by atoms with E-state index in [1.807, 2.05) is 0 Å². The maximum Gasteiger partial charge on any atom is 0.0226 e. The van der Waals surface area contributed by atoms with Gasteiger partial charge >= 0.3 is 0 Å². The first kappa shape index (κ1) is 8.25. The summed E-state index contributed by atoms with van der Waals surface area (Å²) in [4.78, 5) is 5.44. The first-order valence-corrected chi connectivity index (χ1v) is 5.81. The average molecular weight is 180 g/mol. The van der Waals surface area contributed by atoms with Gasteiger partial charge in [-0.2, -0.15) is 0 Å². The first-order chi connectivity index (χ1) is 6.35. The summed E-state index contributed by atoms with van der Waals surface area (Å²) in [7, 11) is 0. The lowest BCUT2D eigenvalue weighted by Gasteiger charge is -2.41. The smallest absolute Gasteiger partial charge is 0.0226 e. The van der Waals surface area contributed by atoms with E-state index < -0.39 is 0 Å². The zero-order valence-corrected chi connectivity index (χ0v) is 8.58. The van der Waals surface area contributed by atoms with Crippen LogP contribution in [0.3, 0.4) is 0 Å². The third kappa shape index (κ3) is 1.31. The van der Waals surface area contributed by atoms with E-state index in [4.69, 9.17) is 0 Å². The quantitative estimate of drug-likeness (QED) is 0.595. The molecule has 4 heterocycles. The monoisotopic (exact) mass is 180 g/mol. The Morgan fingerprint density at radius 2 is 1.85 bits per heavy atom. The molecule has 0 aliphatic carbocycles. The second kappa shape index (κ2) is 2.96. The van der Waals surface area contributed by atoms with E-state index in [9.17, 15) is 0 Å². The Labute approximate surface area is 80.9 Å². The van der Waals surface area contributed by atoms with Gasteiger partial charge in [0.15, 0.2) is 0 Å². The zero-order chi connectivity index (χ0) is 8.84. The third-order valence-corrected chi connectivity index (χ3v) is 4.19. The van der Waals surface area contributed by atoms with Gasteiger partial charge < -0.3 is 4.90 Å². The molecule has 4 saturated heterocycles. The summed E-state index contributed by atoms with van der Waals surface area (Å²) < 4.78 is 0. The highest BCUT2D eigenvalue weighted by Crippen LogP contribution is 2.36. The molecule has 2 nitrogen and oxygen atoms in total. The molecule has 0 aromatic rings. The van der Waals surface area contributed by atoms with Crippen LogP contribution in [0.15, 0.2) is 0 Å². The van der Waals surface area contributed by atoms with Gasteiger partial charge in [-0.3, -0.25) is 4.90 Å². The van der Waals surface area contributed by atoms with Crippen molar-refractivity contribution >= 4 is 0 Å². The summed E-state index contributed by atoms with van der Waals surface area (Å²) in [6.45, 7) is 9.13. The molecule has 4 rings (SSSR count). The lowest BCUT2D eigenvalue weighted by Crippen LogP contribution is -2.49. The molecule has 0 saturated carbocycles. The Bertz CT molecular complexity index is 190. The third-order valence-electron chi connectivity index (χ3n) is 4.19. The number of piperidine rings is 2. The minimum atomic E-state index is 0.899. The van der Waals surface area contributed by atoms with Crippen molar-refractivity contribution in [2.75, 3.05) is 32.7 Å². The van der Waals surface area contributed by atoms with Gasteiger partial charge in [-0.05, 0) is 31.2 Å². The zero-order valence-electron chi connectivity index (χ0n) is 8.58. The van der Waals surface area contributed by atoms with Crippen LogP contribution >= 0.6 is 0 Å². The van der Waals surface area contributed by atoms with Gasteiger partial charge in [0.25, 0.3) is 0 Å². The van der Waals surface area contributed by atoms with Gasteiger partial charge in [-0.15, -0.1) is 0 Å². The van der Waals surface area contributed by atoms with E-state index in [0.29, 0.717) is 0 Å². The SMILES string of the molecule is CCN1CC2CC3CC1CN(C3)C2.